The van der Waals surface area contributed by atoms with Gasteiger partial charge in [-0.2, -0.15) is 8.88 Å². The van der Waals surface area contributed by atoms with Gasteiger partial charge in [0.1, 0.15) is 11.6 Å². The first-order valence-electron chi connectivity index (χ1n) is 7.22. The molecule has 0 spiro atoms. The first-order valence-corrected chi connectivity index (χ1v) is 12.1. The number of rotatable bonds is 8. The zero-order chi connectivity index (χ0) is 19.5. The van der Waals surface area contributed by atoms with Gasteiger partial charge in [0.2, 0.25) is 5.51 Å². The van der Waals surface area contributed by atoms with Crippen LogP contribution < -0.4 is 22.7 Å². The average molecular weight is 479 g/mol. The maximum atomic E-state index is 11.6. The van der Waals surface area contributed by atoms with Gasteiger partial charge >= 0.3 is 14.8 Å². The van der Waals surface area contributed by atoms with Crippen LogP contribution in [0.2, 0.25) is 0 Å². The zero-order valence-electron chi connectivity index (χ0n) is 14.3. The third-order valence-corrected chi connectivity index (χ3v) is 7.41. The van der Waals surface area contributed by atoms with Gasteiger partial charge in [0.15, 0.2) is 12.2 Å². The van der Waals surface area contributed by atoms with Crippen LogP contribution in [-0.2, 0) is 30.9 Å². The van der Waals surface area contributed by atoms with Crippen LogP contribution >= 0.6 is 37.3 Å². The number of nitrogens with zero attached hydrogens (tertiary/aromatic N) is 3. The fourth-order valence-corrected chi connectivity index (χ4v) is 5.48. The van der Waals surface area contributed by atoms with Crippen molar-refractivity contribution in [3.8, 4) is 0 Å². The smallest absolute Gasteiger partial charge is 0.477 e. The van der Waals surface area contributed by atoms with Crippen LogP contribution in [0.3, 0.4) is 0 Å². The van der Waals surface area contributed by atoms with E-state index in [4.69, 9.17) is 31.3 Å². The van der Waals surface area contributed by atoms with Crippen molar-refractivity contribution in [2.24, 2.45) is 0 Å². The number of nitrogen functional groups attached to an aromatic ring is 1. The lowest BCUT2D eigenvalue weighted by atomic mass is 10.2. The second-order valence-electron chi connectivity index (χ2n) is 5.27. The Kier molecular flexibility index (Phi) is 8.81. The molecule has 2 rings (SSSR count). The highest BCUT2D eigenvalue weighted by Gasteiger charge is 2.32. The van der Waals surface area contributed by atoms with Crippen LogP contribution in [0.25, 0.3) is 0 Å². The highest BCUT2D eigenvalue weighted by molar-refractivity contribution is 7.85. The molecule has 1 atom stereocenters. The van der Waals surface area contributed by atoms with Crippen LogP contribution in [0, 0.1) is 13.8 Å². The van der Waals surface area contributed by atoms with Gasteiger partial charge in [0.05, 0.1) is 17.0 Å². The molecule has 0 aliphatic carbocycles. The molecule has 0 bridgehead atoms. The van der Waals surface area contributed by atoms with Gasteiger partial charge in [-0.15, -0.1) is 0 Å². The second kappa shape index (κ2) is 9.73. The summed E-state index contributed by atoms with van der Waals surface area (Å²) in [4.78, 5) is 26.4. The summed E-state index contributed by atoms with van der Waals surface area (Å²) in [7, 11) is -5.00. The minimum absolute atomic E-state index is 0. The number of nitrogens with two attached hydrogens (primary N) is 1. The van der Waals surface area contributed by atoms with Gasteiger partial charge in [0, 0.05) is 30.8 Å². The number of aryl methyl sites for hydroxylation is 1. The van der Waals surface area contributed by atoms with Gasteiger partial charge in [0.25, 0.3) is 0 Å². The molecule has 4 N–H and O–H groups in total. The average Bonchev–Trinajstić information content (AvgIpc) is 2.80. The van der Waals surface area contributed by atoms with E-state index in [-0.39, 0.29) is 19.0 Å². The summed E-state index contributed by atoms with van der Waals surface area (Å²) in [5, 5.41) is 0. The molecule has 0 fully saturated rings. The van der Waals surface area contributed by atoms with Gasteiger partial charge in [-0.25, -0.2) is 19.1 Å². The summed E-state index contributed by atoms with van der Waals surface area (Å²) in [6, 6.07) is 0. The quantitative estimate of drug-likeness (QED) is 0.323. The van der Waals surface area contributed by atoms with Gasteiger partial charge in [-0.1, -0.05) is 11.3 Å². The van der Waals surface area contributed by atoms with Crippen molar-refractivity contribution in [3.63, 3.8) is 0 Å². The Morgan fingerprint density at radius 1 is 1.37 bits per heavy atom. The highest BCUT2D eigenvalue weighted by Crippen LogP contribution is 2.63. The summed E-state index contributed by atoms with van der Waals surface area (Å²) in [6.07, 6.45) is 2.01. The lowest BCUT2D eigenvalue weighted by Gasteiger charge is -2.11. The molecule has 0 amide bonds. The number of hydrogen-bond donors (Lipinski definition) is 3. The normalized spacial score (nSPS) is 13.8. The molecular weight excluding hydrogens is 461 g/mol. The number of phosphoric acid groups is 1. The van der Waals surface area contributed by atoms with E-state index >= 15 is 0 Å². The monoisotopic (exact) mass is 478 g/mol. The molecule has 2 heterocycles. The molecule has 1 unspecified atom stereocenters. The summed E-state index contributed by atoms with van der Waals surface area (Å²) in [6.45, 7) is -0.339. The van der Waals surface area contributed by atoms with Gasteiger partial charge in [-0.3, -0.25) is 4.52 Å². The number of anilines is 1. The summed E-state index contributed by atoms with van der Waals surface area (Å²) >= 11 is 6.80. The Hall–Kier alpha value is -0.610. The van der Waals surface area contributed by atoms with Crippen molar-refractivity contribution in [1.29, 1.82) is 0 Å². The summed E-state index contributed by atoms with van der Waals surface area (Å²) in [5.41, 5.74) is 9.50. The van der Waals surface area contributed by atoms with Crippen molar-refractivity contribution in [2.45, 2.75) is 26.8 Å². The first kappa shape index (κ1) is 24.4. The molecule has 0 saturated heterocycles. The van der Waals surface area contributed by atoms with E-state index < -0.39 is 14.8 Å². The number of halogens is 2. The summed E-state index contributed by atoms with van der Waals surface area (Å²) < 4.78 is 33.0. The molecule has 10 nitrogen and oxygen atoms in total. The van der Waals surface area contributed by atoms with E-state index in [2.05, 4.69) is 14.3 Å². The van der Waals surface area contributed by atoms with Crippen LogP contribution in [0.5, 0.6) is 0 Å². The number of thiazole rings is 1. The van der Waals surface area contributed by atoms with Crippen LogP contribution in [-0.4, -0.2) is 26.4 Å². The van der Waals surface area contributed by atoms with Crippen molar-refractivity contribution in [3.05, 3.63) is 33.7 Å². The van der Waals surface area contributed by atoms with E-state index in [9.17, 15) is 9.13 Å². The van der Waals surface area contributed by atoms with Crippen molar-refractivity contribution < 1.29 is 44.7 Å². The fourth-order valence-electron chi connectivity index (χ4n) is 2.06. The molecule has 0 aliphatic rings. The zero-order valence-corrected chi connectivity index (χ0v) is 18.4. The predicted molar refractivity (Wildman–Crippen MR) is 95.8 cm³/mol. The molecule has 15 heteroatoms. The highest BCUT2D eigenvalue weighted by atomic mass is 35.7. The maximum absolute atomic E-state index is 11.6. The Bertz CT molecular complexity index is 893. The molecule has 2 aromatic rings. The van der Waals surface area contributed by atoms with E-state index in [0.717, 1.165) is 16.1 Å². The Morgan fingerprint density at radius 2 is 2.04 bits per heavy atom. The Balaban J connectivity index is 0.00000364. The Labute approximate surface area is 170 Å². The van der Waals surface area contributed by atoms with Crippen LogP contribution in [0.1, 0.15) is 22.0 Å². The number of aromatic nitrogens is 3. The lowest BCUT2D eigenvalue weighted by Crippen LogP contribution is -3.00. The Morgan fingerprint density at radius 3 is 2.63 bits per heavy atom. The molecule has 0 radical (unpaired) electrons. The summed E-state index contributed by atoms with van der Waals surface area (Å²) in [5.74, 6) is 1.01. The van der Waals surface area contributed by atoms with Gasteiger partial charge < -0.3 is 27.9 Å². The molecule has 0 aliphatic heterocycles. The minimum atomic E-state index is -5.00. The van der Waals surface area contributed by atoms with Crippen molar-refractivity contribution >= 4 is 43.2 Å². The van der Waals surface area contributed by atoms with Crippen molar-refractivity contribution in [2.75, 3.05) is 12.3 Å². The predicted octanol–water partition coefficient (Wildman–Crippen LogP) is -0.908. The van der Waals surface area contributed by atoms with Gasteiger partial charge in [-0.05, 0) is 6.92 Å². The lowest BCUT2D eigenvalue weighted by molar-refractivity contribution is -0.689. The molecule has 0 aromatic carbocycles. The number of hydrogen-bond acceptors (Lipinski definition) is 8. The largest absolute Gasteiger partial charge is 1.00 e. The molecule has 152 valence electrons. The van der Waals surface area contributed by atoms with E-state index in [1.54, 1.807) is 13.1 Å². The van der Waals surface area contributed by atoms with Crippen molar-refractivity contribution in [1.82, 2.24) is 9.97 Å². The minimum Gasteiger partial charge on any atom is -1.00 e. The van der Waals surface area contributed by atoms with Crippen LogP contribution in [0.15, 0.2) is 11.7 Å². The molecule has 0 saturated carbocycles. The molecule has 2 aromatic heterocycles. The maximum Gasteiger partial charge on any atom is 0.477 e. The van der Waals surface area contributed by atoms with E-state index in [0.29, 0.717) is 24.6 Å². The van der Waals surface area contributed by atoms with E-state index in [1.807, 2.05) is 17.0 Å². The SMILES string of the molecule is Cc1ncc(C[n+]2csc(CCOP(=O)(Cl)OP(=O)(O)O)c2C)c(N)n1.[Cl-]. The topological polar surface area (TPSA) is 149 Å². The molecule has 27 heavy (non-hydrogen) atoms. The third-order valence-electron chi connectivity index (χ3n) is 3.29. The van der Waals surface area contributed by atoms with E-state index in [1.165, 1.54) is 11.3 Å². The molecular formula is C12H18Cl2N4O6P2S. The second-order valence-corrected chi connectivity index (χ2v) is 10.2. The van der Waals surface area contributed by atoms with Crippen LogP contribution in [0.4, 0.5) is 5.82 Å². The standard InChI is InChI=1S/C12H17ClN4O6P2S.ClH/c1-8-11(3-4-22-24(13,18)23-25(19,20)21)26-7-17(8)6-10-5-15-9(2)16-12(10)14;/h5,7H,3-4,6H2,1-2H3,(H3-,14,15,16,19,20,21);1H. The fraction of sp³-hybridized carbons (Fsp3) is 0.417. The first-order chi connectivity index (χ1) is 12.0. The third kappa shape index (κ3) is 7.73.